The molecular formula is C12H15F3N2O2. The molecule has 1 rings (SSSR count). The van der Waals surface area contributed by atoms with Gasteiger partial charge in [-0.2, -0.15) is 13.2 Å². The number of hydrogen-bond donors (Lipinski definition) is 1. The van der Waals surface area contributed by atoms with E-state index in [0.717, 1.165) is 18.2 Å². The second-order valence-corrected chi connectivity index (χ2v) is 4.22. The van der Waals surface area contributed by atoms with Crippen LogP contribution in [0.1, 0.15) is 15.9 Å². The lowest BCUT2D eigenvalue weighted by Crippen LogP contribution is -2.21. The molecular weight excluding hydrogens is 261 g/mol. The number of halogens is 3. The van der Waals surface area contributed by atoms with Crippen molar-refractivity contribution in [2.45, 2.75) is 6.18 Å². The van der Waals surface area contributed by atoms with Gasteiger partial charge >= 0.3 is 6.18 Å². The molecule has 19 heavy (non-hydrogen) atoms. The number of alkyl halides is 3. The minimum atomic E-state index is -4.54. The van der Waals surface area contributed by atoms with Crippen molar-refractivity contribution >= 4 is 5.91 Å². The molecule has 0 spiro atoms. The Kier molecular flexibility index (Phi) is 4.77. The monoisotopic (exact) mass is 276 g/mol. The molecule has 1 aromatic carbocycles. The SMILES string of the molecule is CN(C)CCOc1cc(C(N)=O)ccc1C(F)(F)F. The van der Waals surface area contributed by atoms with Gasteiger partial charge in [0, 0.05) is 12.1 Å². The standard InChI is InChI=1S/C12H15F3N2O2/c1-17(2)5-6-19-10-7-8(11(16)18)3-4-9(10)12(13,14)15/h3-4,7H,5-6H2,1-2H3,(H2,16,18). The minimum Gasteiger partial charge on any atom is -0.492 e. The first-order valence-electron chi connectivity index (χ1n) is 5.50. The molecule has 1 aromatic rings. The van der Waals surface area contributed by atoms with Crippen LogP contribution in [0, 0.1) is 0 Å². The fourth-order valence-corrected chi connectivity index (χ4v) is 1.37. The van der Waals surface area contributed by atoms with Crippen molar-refractivity contribution < 1.29 is 22.7 Å². The zero-order valence-electron chi connectivity index (χ0n) is 10.6. The Morgan fingerprint density at radius 1 is 1.37 bits per heavy atom. The largest absolute Gasteiger partial charge is 0.492 e. The Labute approximate surface area is 108 Å². The molecule has 0 atom stereocenters. The van der Waals surface area contributed by atoms with Gasteiger partial charge in [-0.05, 0) is 32.3 Å². The number of carbonyl (C=O) groups is 1. The molecule has 0 aromatic heterocycles. The van der Waals surface area contributed by atoms with Gasteiger partial charge in [0.15, 0.2) is 0 Å². The van der Waals surface area contributed by atoms with Gasteiger partial charge in [0.25, 0.3) is 0 Å². The van der Waals surface area contributed by atoms with Crippen LogP contribution in [0.3, 0.4) is 0 Å². The van der Waals surface area contributed by atoms with Crippen LogP contribution >= 0.6 is 0 Å². The lowest BCUT2D eigenvalue weighted by molar-refractivity contribution is -0.139. The number of benzene rings is 1. The number of hydrogen-bond acceptors (Lipinski definition) is 3. The van der Waals surface area contributed by atoms with E-state index in [1.54, 1.807) is 19.0 Å². The van der Waals surface area contributed by atoms with Crippen molar-refractivity contribution in [3.8, 4) is 5.75 Å². The Balaban J connectivity index is 3.01. The summed E-state index contributed by atoms with van der Waals surface area (Å²) in [5.41, 5.74) is 4.09. The Bertz CT molecular complexity index is 459. The molecule has 1 amide bonds. The third kappa shape index (κ3) is 4.44. The summed E-state index contributed by atoms with van der Waals surface area (Å²) >= 11 is 0. The number of ether oxygens (including phenoxy) is 1. The van der Waals surface area contributed by atoms with Crippen LogP contribution in [0.2, 0.25) is 0 Å². The molecule has 0 aliphatic heterocycles. The first kappa shape index (κ1) is 15.3. The van der Waals surface area contributed by atoms with Crippen molar-refractivity contribution in [3.63, 3.8) is 0 Å². The smallest absolute Gasteiger partial charge is 0.419 e. The molecule has 0 unspecified atom stereocenters. The highest BCUT2D eigenvalue weighted by atomic mass is 19.4. The molecule has 7 heteroatoms. The minimum absolute atomic E-state index is 0.0205. The molecule has 0 fully saturated rings. The Morgan fingerprint density at radius 2 is 2.00 bits per heavy atom. The van der Waals surface area contributed by atoms with E-state index in [1.165, 1.54) is 0 Å². The first-order valence-corrected chi connectivity index (χ1v) is 5.50. The molecule has 0 aliphatic carbocycles. The summed E-state index contributed by atoms with van der Waals surface area (Å²) in [7, 11) is 3.54. The van der Waals surface area contributed by atoms with Crippen LogP contribution < -0.4 is 10.5 Å². The van der Waals surface area contributed by atoms with Crippen molar-refractivity contribution in [2.75, 3.05) is 27.2 Å². The van der Waals surface area contributed by atoms with Gasteiger partial charge in [-0.15, -0.1) is 0 Å². The highest BCUT2D eigenvalue weighted by Crippen LogP contribution is 2.36. The maximum atomic E-state index is 12.8. The quantitative estimate of drug-likeness (QED) is 0.891. The van der Waals surface area contributed by atoms with Crippen molar-refractivity contribution in [1.29, 1.82) is 0 Å². The number of amides is 1. The summed E-state index contributed by atoms with van der Waals surface area (Å²) in [5, 5.41) is 0. The van der Waals surface area contributed by atoms with Crippen LogP contribution in [0.25, 0.3) is 0 Å². The van der Waals surface area contributed by atoms with E-state index in [4.69, 9.17) is 10.5 Å². The number of likely N-dealkylation sites (N-methyl/N-ethyl adjacent to an activating group) is 1. The van der Waals surface area contributed by atoms with Gasteiger partial charge in [-0.1, -0.05) is 0 Å². The van der Waals surface area contributed by atoms with Crippen molar-refractivity contribution in [3.05, 3.63) is 29.3 Å². The molecule has 0 radical (unpaired) electrons. The highest BCUT2D eigenvalue weighted by molar-refractivity contribution is 5.93. The number of carbonyl (C=O) groups excluding carboxylic acids is 1. The van der Waals surface area contributed by atoms with Gasteiger partial charge in [0.05, 0.1) is 5.56 Å². The Morgan fingerprint density at radius 3 is 2.47 bits per heavy atom. The number of primary amides is 1. The summed E-state index contributed by atoms with van der Waals surface area (Å²) in [6.45, 7) is 0.538. The number of nitrogens with zero attached hydrogens (tertiary/aromatic N) is 1. The van der Waals surface area contributed by atoms with E-state index < -0.39 is 17.6 Å². The van der Waals surface area contributed by atoms with E-state index >= 15 is 0 Å². The van der Waals surface area contributed by atoms with Crippen LogP contribution in [-0.4, -0.2) is 38.1 Å². The van der Waals surface area contributed by atoms with Gasteiger partial charge in [-0.3, -0.25) is 4.79 Å². The predicted octanol–water partition coefficient (Wildman–Crippen LogP) is 1.74. The molecule has 0 bridgehead atoms. The third-order valence-electron chi connectivity index (χ3n) is 2.37. The Hall–Kier alpha value is -1.76. The van der Waals surface area contributed by atoms with E-state index in [-0.39, 0.29) is 17.9 Å². The van der Waals surface area contributed by atoms with Gasteiger partial charge in [0.1, 0.15) is 12.4 Å². The van der Waals surface area contributed by atoms with Crippen molar-refractivity contribution in [2.24, 2.45) is 5.73 Å². The first-order chi connectivity index (χ1) is 8.71. The second kappa shape index (κ2) is 5.92. The number of rotatable bonds is 5. The zero-order valence-corrected chi connectivity index (χ0v) is 10.6. The lowest BCUT2D eigenvalue weighted by Gasteiger charge is -2.16. The predicted molar refractivity (Wildman–Crippen MR) is 64.0 cm³/mol. The lowest BCUT2D eigenvalue weighted by atomic mass is 10.1. The normalized spacial score (nSPS) is 11.7. The fraction of sp³-hybridized carbons (Fsp3) is 0.417. The topological polar surface area (TPSA) is 55.6 Å². The molecule has 106 valence electrons. The fourth-order valence-electron chi connectivity index (χ4n) is 1.37. The zero-order chi connectivity index (χ0) is 14.6. The van der Waals surface area contributed by atoms with E-state index in [9.17, 15) is 18.0 Å². The molecule has 0 saturated carbocycles. The van der Waals surface area contributed by atoms with Crippen LogP contribution in [0.5, 0.6) is 5.75 Å². The average molecular weight is 276 g/mol. The number of nitrogens with two attached hydrogens (primary N) is 1. The molecule has 2 N–H and O–H groups in total. The average Bonchev–Trinajstić information content (AvgIpc) is 2.26. The highest BCUT2D eigenvalue weighted by Gasteiger charge is 2.34. The van der Waals surface area contributed by atoms with Gasteiger partial charge < -0.3 is 15.4 Å². The van der Waals surface area contributed by atoms with Crippen molar-refractivity contribution in [1.82, 2.24) is 4.90 Å². The van der Waals surface area contributed by atoms with Crippen LogP contribution in [0.15, 0.2) is 18.2 Å². The molecule has 4 nitrogen and oxygen atoms in total. The van der Waals surface area contributed by atoms with E-state index in [2.05, 4.69) is 0 Å². The second-order valence-electron chi connectivity index (χ2n) is 4.22. The maximum absolute atomic E-state index is 12.8. The summed E-state index contributed by atoms with van der Waals surface area (Å²) in [6, 6.07) is 2.84. The maximum Gasteiger partial charge on any atom is 0.419 e. The third-order valence-corrected chi connectivity index (χ3v) is 2.37. The van der Waals surface area contributed by atoms with Gasteiger partial charge in [-0.25, -0.2) is 0 Å². The summed E-state index contributed by atoms with van der Waals surface area (Å²) in [5.74, 6) is -1.18. The van der Waals surface area contributed by atoms with E-state index in [1.807, 2.05) is 0 Å². The van der Waals surface area contributed by atoms with E-state index in [0.29, 0.717) is 6.54 Å². The summed E-state index contributed by atoms with van der Waals surface area (Å²) < 4.78 is 43.4. The summed E-state index contributed by atoms with van der Waals surface area (Å²) in [4.78, 5) is 12.7. The van der Waals surface area contributed by atoms with Crippen LogP contribution in [0.4, 0.5) is 13.2 Å². The molecule has 0 saturated heterocycles. The summed E-state index contributed by atoms with van der Waals surface area (Å²) in [6.07, 6.45) is -4.54. The van der Waals surface area contributed by atoms with Gasteiger partial charge in [0.2, 0.25) is 5.91 Å². The molecule has 0 heterocycles. The van der Waals surface area contributed by atoms with Crippen LogP contribution in [-0.2, 0) is 6.18 Å². The molecule has 0 aliphatic rings.